The number of carbonyl (C=O) groups excluding carboxylic acids is 1. The lowest BCUT2D eigenvalue weighted by Gasteiger charge is -2.25. The summed E-state index contributed by atoms with van der Waals surface area (Å²) < 4.78 is 0. The Bertz CT molecular complexity index is 379. The number of hydrogen-bond donors (Lipinski definition) is 1. The van der Waals surface area contributed by atoms with E-state index in [1.165, 1.54) is 0 Å². The Morgan fingerprint density at radius 2 is 2.40 bits per heavy atom. The molecule has 1 aromatic heterocycles. The highest BCUT2D eigenvalue weighted by Gasteiger charge is 2.22. The molecule has 0 radical (unpaired) electrons. The molecule has 1 rings (SSSR count). The standard InChI is InChI=1S/C11H13N3O/c1-11(2,14-10(15)5-6-12)9-4-3-7-13-8-9/h3-4,7-8H,5H2,1-2H3,(H,14,15). The quantitative estimate of drug-likeness (QED) is 0.806. The number of rotatable bonds is 3. The van der Waals surface area contributed by atoms with E-state index in [-0.39, 0.29) is 12.3 Å². The molecule has 0 unspecified atom stereocenters. The fourth-order valence-electron chi connectivity index (χ4n) is 1.27. The number of hydrogen-bond acceptors (Lipinski definition) is 3. The molecule has 4 nitrogen and oxygen atoms in total. The van der Waals surface area contributed by atoms with E-state index in [0.717, 1.165) is 5.56 Å². The Balaban J connectivity index is 2.76. The second-order valence-corrected chi connectivity index (χ2v) is 3.75. The highest BCUT2D eigenvalue weighted by atomic mass is 16.1. The van der Waals surface area contributed by atoms with E-state index in [0.29, 0.717) is 0 Å². The van der Waals surface area contributed by atoms with Crippen molar-refractivity contribution in [2.45, 2.75) is 25.8 Å². The average Bonchev–Trinajstić information content (AvgIpc) is 2.18. The fraction of sp³-hybridized carbons (Fsp3) is 0.364. The van der Waals surface area contributed by atoms with Crippen LogP contribution in [0.3, 0.4) is 0 Å². The van der Waals surface area contributed by atoms with Crippen molar-refractivity contribution in [1.29, 1.82) is 5.26 Å². The molecule has 0 saturated heterocycles. The normalized spacial score (nSPS) is 10.5. The Labute approximate surface area is 88.9 Å². The molecule has 0 aliphatic heterocycles. The molecule has 15 heavy (non-hydrogen) atoms. The second kappa shape index (κ2) is 4.56. The van der Waals surface area contributed by atoms with Crippen molar-refractivity contribution in [3.63, 3.8) is 0 Å². The molecule has 0 saturated carbocycles. The first-order valence-corrected chi connectivity index (χ1v) is 4.65. The van der Waals surface area contributed by atoms with Crippen molar-refractivity contribution in [3.05, 3.63) is 30.1 Å². The van der Waals surface area contributed by atoms with Crippen LogP contribution >= 0.6 is 0 Å². The van der Waals surface area contributed by atoms with Crippen LogP contribution in [0, 0.1) is 11.3 Å². The molecule has 0 aliphatic rings. The van der Waals surface area contributed by atoms with E-state index in [1.807, 2.05) is 32.0 Å². The minimum Gasteiger partial charge on any atom is -0.346 e. The molecule has 0 fully saturated rings. The summed E-state index contributed by atoms with van der Waals surface area (Å²) in [5, 5.41) is 11.2. The van der Waals surface area contributed by atoms with Crippen LogP contribution in [0.15, 0.2) is 24.5 Å². The van der Waals surface area contributed by atoms with Crippen molar-refractivity contribution in [2.24, 2.45) is 0 Å². The largest absolute Gasteiger partial charge is 0.346 e. The van der Waals surface area contributed by atoms with E-state index in [4.69, 9.17) is 5.26 Å². The molecule has 1 amide bonds. The van der Waals surface area contributed by atoms with E-state index in [1.54, 1.807) is 12.4 Å². The van der Waals surface area contributed by atoms with Crippen LogP contribution in [0.25, 0.3) is 0 Å². The van der Waals surface area contributed by atoms with E-state index in [9.17, 15) is 4.79 Å². The lowest BCUT2D eigenvalue weighted by molar-refractivity contribution is -0.121. The van der Waals surface area contributed by atoms with Gasteiger partial charge in [-0.3, -0.25) is 9.78 Å². The third-order valence-corrected chi connectivity index (χ3v) is 2.07. The molecule has 4 heteroatoms. The fourth-order valence-corrected chi connectivity index (χ4v) is 1.27. The van der Waals surface area contributed by atoms with Gasteiger partial charge in [-0.25, -0.2) is 0 Å². The molecule has 78 valence electrons. The van der Waals surface area contributed by atoms with Crippen LogP contribution in [0.5, 0.6) is 0 Å². The number of carbonyl (C=O) groups is 1. The number of nitriles is 1. The van der Waals surface area contributed by atoms with Crippen molar-refractivity contribution in [1.82, 2.24) is 10.3 Å². The minimum absolute atomic E-state index is 0.121. The number of aromatic nitrogens is 1. The maximum Gasteiger partial charge on any atom is 0.234 e. The van der Waals surface area contributed by atoms with Gasteiger partial charge in [-0.15, -0.1) is 0 Å². The zero-order valence-electron chi connectivity index (χ0n) is 8.82. The van der Waals surface area contributed by atoms with Gasteiger partial charge in [0.25, 0.3) is 0 Å². The van der Waals surface area contributed by atoms with Crippen molar-refractivity contribution < 1.29 is 4.79 Å². The Morgan fingerprint density at radius 3 is 2.93 bits per heavy atom. The van der Waals surface area contributed by atoms with Gasteiger partial charge < -0.3 is 5.32 Å². The topological polar surface area (TPSA) is 65.8 Å². The molecule has 0 spiro atoms. The Morgan fingerprint density at radius 1 is 1.67 bits per heavy atom. The van der Waals surface area contributed by atoms with Crippen molar-refractivity contribution >= 4 is 5.91 Å². The maximum atomic E-state index is 11.3. The lowest BCUT2D eigenvalue weighted by atomic mass is 9.96. The third kappa shape index (κ3) is 3.06. The number of amides is 1. The van der Waals surface area contributed by atoms with Gasteiger partial charge in [0.1, 0.15) is 6.42 Å². The summed E-state index contributed by atoms with van der Waals surface area (Å²) in [5.41, 5.74) is 0.415. The monoisotopic (exact) mass is 203 g/mol. The van der Waals surface area contributed by atoms with Crippen LogP contribution in [0.1, 0.15) is 25.8 Å². The third-order valence-electron chi connectivity index (χ3n) is 2.07. The molecule has 1 aromatic rings. The highest BCUT2D eigenvalue weighted by molar-refractivity contribution is 5.78. The van der Waals surface area contributed by atoms with Crippen LogP contribution in [0.4, 0.5) is 0 Å². The smallest absolute Gasteiger partial charge is 0.234 e. The van der Waals surface area contributed by atoms with Crippen LogP contribution in [-0.4, -0.2) is 10.9 Å². The molecular formula is C11H13N3O. The van der Waals surface area contributed by atoms with Crippen LogP contribution in [0.2, 0.25) is 0 Å². The van der Waals surface area contributed by atoms with Crippen molar-refractivity contribution in [2.75, 3.05) is 0 Å². The lowest BCUT2D eigenvalue weighted by Crippen LogP contribution is -2.40. The van der Waals surface area contributed by atoms with Gasteiger partial charge in [0, 0.05) is 12.4 Å². The molecular weight excluding hydrogens is 190 g/mol. The summed E-state index contributed by atoms with van der Waals surface area (Å²) in [5.74, 6) is -0.272. The van der Waals surface area contributed by atoms with Gasteiger partial charge >= 0.3 is 0 Å². The first kappa shape index (κ1) is 11.2. The maximum absolute atomic E-state index is 11.3. The van der Waals surface area contributed by atoms with E-state index < -0.39 is 5.54 Å². The minimum atomic E-state index is -0.498. The van der Waals surface area contributed by atoms with Gasteiger partial charge in [0.05, 0.1) is 11.6 Å². The van der Waals surface area contributed by atoms with Crippen LogP contribution in [-0.2, 0) is 10.3 Å². The van der Waals surface area contributed by atoms with E-state index in [2.05, 4.69) is 10.3 Å². The number of pyridine rings is 1. The first-order valence-electron chi connectivity index (χ1n) is 4.65. The molecule has 1 heterocycles. The Kier molecular flexibility index (Phi) is 3.40. The summed E-state index contributed by atoms with van der Waals surface area (Å²) >= 11 is 0. The highest BCUT2D eigenvalue weighted by Crippen LogP contribution is 2.18. The SMILES string of the molecule is CC(C)(NC(=O)CC#N)c1cccnc1. The van der Waals surface area contributed by atoms with Gasteiger partial charge in [-0.2, -0.15) is 5.26 Å². The summed E-state index contributed by atoms with van der Waals surface area (Å²) in [7, 11) is 0. The first-order chi connectivity index (χ1) is 7.06. The van der Waals surface area contributed by atoms with Gasteiger partial charge in [-0.1, -0.05) is 6.07 Å². The molecule has 0 aliphatic carbocycles. The van der Waals surface area contributed by atoms with Gasteiger partial charge in [0.15, 0.2) is 0 Å². The molecule has 0 atom stereocenters. The molecule has 0 bridgehead atoms. The number of nitrogens with zero attached hydrogens (tertiary/aromatic N) is 2. The zero-order chi connectivity index (χ0) is 11.3. The van der Waals surface area contributed by atoms with Crippen molar-refractivity contribution in [3.8, 4) is 6.07 Å². The molecule has 0 aromatic carbocycles. The van der Waals surface area contributed by atoms with E-state index >= 15 is 0 Å². The number of nitrogens with one attached hydrogen (secondary N) is 1. The molecule has 1 N–H and O–H groups in total. The summed E-state index contributed by atoms with van der Waals surface area (Å²) in [6, 6.07) is 5.52. The summed E-state index contributed by atoms with van der Waals surface area (Å²) in [6.45, 7) is 3.75. The average molecular weight is 203 g/mol. The Hall–Kier alpha value is -1.89. The predicted octanol–water partition coefficient (Wildman–Crippen LogP) is 1.35. The predicted molar refractivity (Wildman–Crippen MR) is 55.6 cm³/mol. The van der Waals surface area contributed by atoms with Crippen LogP contribution < -0.4 is 5.32 Å². The van der Waals surface area contributed by atoms with Gasteiger partial charge in [0.2, 0.25) is 5.91 Å². The second-order valence-electron chi connectivity index (χ2n) is 3.75. The summed E-state index contributed by atoms with van der Waals surface area (Å²) in [6.07, 6.45) is 3.26. The van der Waals surface area contributed by atoms with Gasteiger partial charge in [-0.05, 0) is 25.5 Å². The zero-order valence-corrected chi connectivity index (χ0v) is 8.82. The summed E-state index contributed by atoms with van der Waals surface area (Å²) in [4.78, 5) is 15.3.